The number of hydrogen-bond donors (Lipinski definition) is 2. The maximum atomic E-state index is 13.2. The number of aliphatic hydroxyl groups is 1. The van der Waals surface area contributed by atoms with E-state index < -0.39 is 15.8 Å². The Morgan fingerprint density at radius 1 is 1.21 bits per heavy atom. The molecule has 3 nitrogen and oxygen atoms in total. The monoisotopic (exact) mass is 485 g/mol. The van der Waals surface area contributed by atoms with Crippen molar-refractivity contribution in [3.8, 4) is 0 Å². The summed E-state index contributed by atoms with van der Waals surface area (Å²) >= 11 is 0. The molecule has 1 aromatic rings. The van der Waals surface area contributed by atoms with E-state index in [0.29, 0.717) is 28.4 Å². The number of benzene rings is 1. The molecule has 1 aromatic carbocycles. The summed E-state index contributed by atoms with van der Waals surface area (Å²) in [4.78, 5) is 0.432. The molecule has 0 bridgehead atoms. The second-order valence-electron chi connectivity index (χ2n) is 11.1. The van der Waals surface area contributed by atoms with Gasteiger partial charge in [-0.3, -0.25) is 0 Å². The normalized spacial score (nSPS) is 34.7. The molecule has 0 radical (unpaired) electrons. The molecule has 6 atom stereocenters. The van der Waals surface area contributed by atoms with Crippen molar-refractivity contribution < 1.29 is 13.7 Å². The molecule has 34 heavy (non-hydrogen) atoms. The van der Waals surface area contributed by atoms with Gasteiger partial charge in [0.25, 0.3) is 0 Å². The third kappa shape index (κ3) is 5.11. The molecule has 0 saturated heterocycles. The molecule has 0 heterocycles. The summed E-state index contributed by atoms with van der Waals surface area (Å²) in [6.07, 6.45) is 13.7. The fraction of sp³-hybridized carbons (Fsp3) is 0.586. The van der Waals surface area contributed by atoms with E-state index in [-0.39, 0.29) is 11.2 Å². The third-order valence-corrected chi connectivity index (χ3v) is 10.9. The zero-order chi connectivity index (χ0) is 24.5. The fourth-order valence-electron chi connectivity index (χ4n) is 6.97. The van der Waals surface area contributed by atoms with Crippen molar-refractivity contribution in [1.82, 2.24) is 0 Å². The van der Waals surface area contributed by atoms with Crippen LogP contribution >= 0.6 is 0 Å². The van der Waals surface area contributed by atoms with Crippen molar-refractivity contribution in [2.45, 2.75) is 82.6 Å². The zero-order valence-corrected chi connectivity index (χ0v) is 21.5. The molecule has 5 heteroatoms. The molecule has 0 aliphatic heterocycles. The van der Waals surface area contributed by atoms with E-state index in [0.717, 1.165) is 37.7 Å². The quantitative estimate of drug-likeness (QED) is 0.440. The summed E-state index contributed by atoms with van der Waals surface area (Å²) in [5.74, 6) is 1.50. The van der Waals surface area contributed by atoms with Crippen molar-refractivity contribution in [1.29, 1.82) is 4.78 Å². The fourth-order valence-corrected chi connectivity index (χ4v) is 8.49. The van der Waals surface area contributed by atoms with Crippen LogP contribution in [0.15, 0.2) is 64.6 Å². The lowest BCUT2D eigenvalue weighted by Gasteiger charge is -2.44. The Bertz CT molecular complexity index is 1070. The number of aliphatic hydroxyl groups excluding tert-OH is 1. The van der Waals surface area contributed by atoms with Crippen LogP contribution in [-0.2, 0) is 9.73 Å². The number of nitrogens with one attached hydrogen (secondary N) is 1. The van der Waals surface area contributed by atoms with Crippen LogP contribution in [0.4, 0.5) is 4.39 Å². The Kier molecular flexibility index (Phi) is 7.54. The molecule has 3 aliphatic rings. The first kappa shape index (κ1) is 25.4. The van der Waals surface area contributed by atoms with E-state index >= 15 is 0 Å². The number of halogens is 1. The lowest BCUT2D eigenvalue weighted by Crippen LogP contribution is -2.36. The minimum Gasteiger partial charge on any atom is -0.388 e. The minimum absolute atomic E-state index is 0.240. The van der Waals surface area contributed by atoms with Crippen molar-refractivity contribution >= 4 is 9.73 Å². The van der Waals surface area contributed by atoms with Gasteiger partial charge in [-0.25, -0.2) is 13.4 Å². The van der Waals surface area contributed by atoms with Gasteiger partial charge in [0, 0.05) is 10.6 Å². The van der Waals surface area contributed by atoms with E-state index in [2.05, 4.69) is 32.6 Å². The largest absolute Gasteiger partial charge is 0.388 e. The van der Waals surface area contributed by atoms with Crippen LogP contribution in [0, 0.1) is 33.8 Å². The van der Waals surface area contributed by atoms with Gasteiger partial charge in [0.05, 0.1) is 15.8 Å². The molecule has 4 rings (SSSR count). The maximum Gasteiger partial charge on any atom is 0.123 e. The molecular formula is C29H40FNO2S. The van der Waals surface area contributed by atoms with E-state index in [4.69, 9.17) is 4.78 Å². The van der Waals surface area contributed by atoms with Gasteiger partial charge in [0.2, 0.25) is 0 Å². The summed E-state index contributed by atoms with van der Waals surface area (Å²) in [6.45, 7) is 8.84. The van der Waals surface area contributed by atoms with Crippen LogP contribution in [0.25, 0.3) is 0 Å². The molecule has 1 unspecified atom stereocenters. The Balaban J connectivity index is 1.45. The molecule has 2 N–H and O–H groups in total. The first-order valence-electron chi connectivity index (χ1n) is 12.9. The van der Waals surface area contributed by atoms with Gasteiger partial charge < -0.3 is 5.11 Å². The predicted octanol–water partition coefficient (Wildman–Crippen LogP) is 7.43. The van der Waals surface area contributed by atoms with Crippen molar-refractivity contribution in [3.05, 3.63) is 65.5 Å². The van der Waals surface area contributed by atoms with Crippen LogP contribution in [0.2, 0.25) is 0 Å². The van der Waals surface area contributed by atoms with Crippen LogP contribution < -0.4 is 0 Å². The smallest absolute Gasteiger partial charge is 0.123 e. The Morgan fingerprint density at radius 2 is 1.94 bits per heavy atom. The highest BCUT2D eigenvalue weighted by molar-refractivity contribution is 7.92. The number of fused-ring (bicyclic) bond motifs is 1. The van der Waals surface area contributed by atoms with E-state index in [1.165, 1.54) is 55.5 Å². The van der Waals surface area contributed by atoms with Gasteiger partial charge in [0.1, 0.15) is 5.82 Å². The Hall–Kier alpha value is -1.72. The second-order valence-corrected chi connectivity index (χ2v) is 13.3. The van der Waals surface area contributed by atoms with Gasteiger partial charge in [-0.2, -0.15) is 0 Å². The molecular weight excluding hydrogens is 445 g/mol. The zero-order valence-electron chi connectivity index (χ0n) is 20.7. The maximum absolute atomic E-state index is 13.2. The van der Waals surface area contributed by atoms with Crippen molar-refractivity contribution in [2.75, 3.05) is 5.75 Å². The lowest BCUT2D eigenvalue weighted by atomic mass is 9.61. The highest BCUT2D eigenvalue weighted by Crippen LogP contribution is 2.59. The molecule has 3 aliphatic carbocycles. The molecule has 3 fully saturated rings. The summed E-state index contributed by atoms with van der Waals surface area (Å²) in [6, 6.07) is 5.58. The van der Waals surface area contributed by atoms with E-state index in [9.17, 15) is 13.7 Å². The molecule has 0 amide bonds. The third-order valence-electron chi connectivity index (χ3n) is 9.02. The predicted molar refractivity (Wildman–Crippen MR) is 138 cm³/mol. The van der Waals surface area contributed by atoms with Crippen LogP contribution in [0.1, 0.15) is 71.6 Å². The number of allylic oxidation sites excluding steroid dienone is 3. The van der Waals surface area contributed by atoms with Gasteiger partial charge in [-0.05, 0) is 116 Å². The second kappa shape index (κ2) is 10.1. The van der Waals surface area contributed by atoms with Gasteiger partial charge in [-0.15, -0.1) is 0 Å². The standard InChI is InChI=1S/C29H40FNO2S/c1-20(17-19-34(31,33)25-13-11-24(30)12-14-25)26-15-16-27-23(7-5-18-29(26,27)3)10-9-22-6-4-8-28(32)21(22)2/h9-14,20,26-28,31-32H,2,4-8,15-19H2,1,3H3/b22-9-,23-10+/t20-,26-,27+,28+,29-,34?/m1/s1. The Labute approximate surface area is 205 Å². The van der Waals surface area contributed by atoms with Crippen molar-refractivity contribution in [3.63, 3.8) is 0 Å². The van der Waals surface area contributed by atoms with Crippen LogP contribution in [-0.4, -0.2) is 21.2 Å². The first-order valence-corrected chi connectivity index (χ1v) is 14.6. The van der Waals surface area contributed by atoms with Crippen molar-refractivity contribution in [2.24, 2.45) is 23.2 Å². The van der Waals surface area contributed by atoms with E-state index in [1.807, 2.05) is 0 Å². The molecule has 186 valence electrons. The van der Waals surface area contributed by atoms with Gasteiger partial charge in [0.15, 0.2) is 0 Å². The molecule has 3 saturated carbocycles. The molecule has 0 spiro atoms. The average Bonchev–Trinajstić information content (AvgIpc) is 3.16. The van der Waals surface area contributed by atoms with Gasteiger partial charge in [-0.1, -0.05) is 38.2 Å². The molecule has 0 aromatic heterocycles. The lowest BCUT2D eigenvalue weighted by molar-refractivity contribution is 0.0964. The number of rotatable bonds is 6. The SMILES string of the molecule is C=C1/C(=C\C=C2/CCC[C@]3(C)[C@@H]([C@H](C)CCS(=N)(=O)c4ccc(F)cc4)CC[C@@H]23)CCC[C@@H]1O. The Morgan fingerprint density at radius 3 is 2.68 bits per heavy atom. The summed E-state index contributed by atoms with van der Waals surface area (Å²) < 4.78 is 34.7. The summed E-state index contributed by atoms with van der Waals surface area (Å²) in [7, 11) is -2.91. The van der Waals surface area contributed by atoms with Crippen LogP contribution in [0.3, 0.4) is 0 Å². The first-order chi connectivity index (χ1) is 16.1. The number of hydrogen-bond acceptors (Lipinski definition) is 3. The van der Waals surface area contributed by atoms with E-state index in [1.54, 1.807) is 5.57 Å². The summed E-state index contributed by atoms with van der Waals surface area (Å²) in [5, 5.41) is 10.2. The summed E-state index contributed by atoms with van der Waals surface area (Å²) in [5.41, 5.74) is 3.87. The topological polar surface area (TPSA) is 61.2 Å². The minimum atomic E-state index is -2.91. The highest BCUT2D eigenvalue weighted by atomic mass is 32.2. The van der Waals surface area contributed by atoms with Crippen LogP contribution in [0.5, 0.6) is 0 Å². The highest BCUT2D eigenvalue weighted by Gasteiger charge is 2.50. The average molecular weight is 486 g/mol. The van der Waals surface area contributed by atoms with Gasteiger partial charge >= 0.3 is 0 Å².